The van der Waals surface area contributed by atoms with Crippen molar-refractivity contribution >= 4 is 10.8 Å². The van der Waals surface area contributed by atoms with Crippen molar-refractivity contribution in [1.82, 2.24) is 9.97 Å². The fourth-order valence-corrected chi connectivity index (χ4v) is 3.16. The van der Waals surface area contributed by atoms with E-state index in [0.29, 0.717) is 5.82 Å². The van der Waals surface area contributed by atoms with Gasteiger partial charge in [-0.15, -0.1) is 0 Å². The molecule has 0 aliphatic heterocycles. The van der Waals surface area contributed by atoms with Gasteiger partial charge in [0.05, 0.1) is 5.69 Å². The zero-order valence-electron chi connectivity index (χ0n) is 11.7. The summed E-state index contributed by atoms with van der Waals surface area (Å²) >= 11 is 0. The van der Waals surface area contributed by atoms with Crippen molar-refractivity contribution in [3.05, 3.63) is 64.1 Å². The first-order chi connectivity index (χ1) is 10.3. The topological polar surface area (TPSA) is 45.8 Å². The van der Waals surface area contributed by atoms with E-state index in [4.69, 9.17) is 4.98 Å². The molecule has 0 unspecified atom stereocenters. The Kier molecular flexibility index (Phi) is 2.85. The Labute approximate surface area is 122 Å². The van der Waals surface area contributed by atoms with E-state index in [9.17, 15) is 4.79 Å². The van der Waals surface area contributed by atoms with Crippen molar-refractivity contribution in [2.75, 3.05) is 0 Å². The first-order valence-corrected chi connectivity index (χ1v) is 7.43. The van der Waals surface area contributed by atoms with Gasteiger partial charge in [-0.1, -0.05) is 42.5 Å². The SMILES string of the molecule is O=c1[nH]c(-c2cccc3ccccc23)nc2c1CCCC2. The molecule has 1 aliphatic rings. The van der Waals surface area contributed by atoms with Gasteiger partial charge in [0.15, 0.2) is 0 Å². The normalized spacial score (nSPS) is 14.1. The van der Waals surface area contributed by atoms with Crippen LogP contribution in [0.25, 0.3) is 22.2 Å². The van der Waals surface area contributed by atoms with Crippen molar-refractivity contribution in [1.29, 1.82) is 0 Å². The van der Waals surface area contributed by atoms with Crippen molar-refractivity contribution < 1.29 is 0 Å². The molecular formula is C18H16N2O. The predicted octanol–water partition coefficient (Wildman–Crippen LogP) is 3.47. The molecule has 0 amide bonds. The Morgan fingerprint density at radius 3 is 2.71 bits per heavy atom. The summed E-state index contributed by atoms with van der Waals surface area (Å²) in [5.74, 6) is 0.692. The van der Waals surface area contributed by atoms with Crippen LogP contribution in [0, 0.1) is 0 Å². The fraction of sp³-hybridized carbons (Fsp3) is 0.222. The third kappa shape index (κ3) is 2.05. The minimum Gasteiger partial charge on any atom is -0.306 e. The van der Waals surface area contributed by atoms with Crippen LogP contribution < -0.4 is 5.56 Å². The molecule has 0 saturated carbocycles. The highest BCUT2D eigenvalue weighted by Crippen LogP contribution is 2.26. The monoisotopic (exact) mass is 276 g/mol. The molecular weight excluding hydrogens is 260 g/mol. The lowest BCUT2D eigenvalue weighted by molar-refractivity contribution is 0.657. The Balaban J connectivity index is 1.97. The number of rotatable bonds is 1. The van der Waals surface area contributed by atoms with E-state index in [1.807, 2.05) is 24.3 Å². The molecule has 1 heterocycles. The summed E-state index contributed by atoms with van der Waals surface area (Å²) in [6, 6.07) is 14.3. The summed E-state index contributed by atoms with van der Waals surface area (Å²) in [4.78, 5) is 20.0. The van der Waals surface area contributed by atoms with E-state index in [1.165, 1.54) is 0 Å². The molecule has 0 atom stereocenters. The molecule has 104 valence electrons. The summed E-state index contributed by atoms with van der Waals surface area (Å²) in [7, 11) is 0. The van der Waals surface area contributed by atoms with Crippen LogP contribution in [-0.4, -0.2) is 9.97 Å². The first-order valence-electron chi connectivity index (χ1n) is 7.43. The van der Waals surface area contributed by atoms with Gasteiger partial charge in [0, 0.05) is 11.1 Å². The van der Waals surface area contributed by atoms with Gasteiger partial charge in [-0.2, -0.15) is 0 Å². The second-order valence-electron chi connectivity index (χ2n) is 5.57. The molecule has 1 N–H and O–H groups in total. The molecule has 0 bridgehead atoms. The van der Waals surface area contributed by atoms with Gasteiger partial charge in [-0.25, -0.2) is 4.98 Å². The van der Waals surface area contributed by atoms with Crippen molar-refractivity contribution in [3.63, 3.8) is 0 Å². The molecule has 1 aliphatic carbocycles. The number of aromatic amines is 1. The number of hydrogen-bond donors (Lipinski definition) is 1. The lowest BCUT2D eigenvalue weighted by atomic mass is 9.96. The minimum atomic E-state index is 0.0302. The summed E-state index contributed by atoms with van der Waals surface area (Å²) < 4.78 is 0. The van der Waals surface area contributed by atoms with E-state index in [0.717, 1.165) is 53.3 Å². The zero-order valence-corrected chi connectivity index (χ0v) is 11.7. The largest absolute Gasteiger partial charge is 0.306 e. The Hall–Kier alpha value is -2.42. The standard InChI is InChI=1S/C18H16N2O/c21-18-15-9-3-4-11-16(15)19-17(20-18)14-10-5-7-12-6-1-2-8-13(12)14/h1-2,5-8,10H,3-4,9,11H2,(H,19,20,21). The van der Waals surface area contributed by atoms with E-state index >= 15 is 0 Å². The van der Waals surface area contributed by atoms with Crippen LogP contribution in [0.3, 0.4) is 0 Å². The quantitative estimate of drug-likeness (QED) is 0.739. The molecule has 0 spiro atoms. The smallest absolute Gasteiger partial charge is 0.254 e. The van der Waals surface area contributed by atoms with Gasteiger partial charge >= 0.3 is 0 Å². The number of aromatic nitrogens is 2. The number of aryl methyl sites for hydroxylation is 1. The highest BCUT2D eigenvalue weighted by molar-refractivity contribution is 5.94. The molecule has 0 fully saturated rings. The molecule has 0 radical (unpaired) electrons. The van der Waals surface area contributed by atoms with Crippen LogP contribution in [0.15, 0.2) is 47.3 Å². The van der Waals surface area contributed by atoms with Crippen molar-refractivity contribution in [3.8, 4) is 11.4 Å². The molecule has 3 heteroatoms. The van der Waals surface area contributed by atoms with Crippen LogP contribution in [0.5, 0.6) is 0 Å². The van der Waals surface area contributed by atoms with Gasteiger partial charge in [-0.05, 0) is 36.5 Å². The van der Waals surface area contributed by atoms with Crippen LogP contribution in [-0.2, 0) is 12.8 Å². The highest BCUT2D eigenvalue weighted by atomic mass is 16.1. The number of fused-ring (bicyclic) bond motifs is 2. The molecule has 0 saturated heterocycles. The van der Waals surface area contributed by atoms with Crippen LogP contribution in [0.1, 0.15) is 24.1 Å². The van der Waals surface area contributed by atoms with Gasteiger partial charge in [0.1, 0.15) is 5.82 Å². The zero-order chi connectivity index (χ0) is 14.2. The maximum absolute atomic E-state index is 12.3. The molecule has 21 heavy (non-hydrogen) atoms. The maximum Gasteiger partial charge on any atom is 0.254 e. The molecule has 2 aromatic carbocycles. The molecule has 1 aromatic heterocycles. The third-order valence-electron chi connectivity index (χ3n) is 4.24. The second-order valence-corrected chi connectivity index (χ2v) is 5.57. The lowest BCUT2D eigenvalue weighted by Crippen LogP contribution is -2.21. The Bertz CT molecular complexity index is 875. The fourth-order valence-electron chi connectivity index (χ4n) is 3.16. The van der Waals surface area contributed by atoms with Crippen LogP contribution >= 0.6 is 0 Å². The lowest BCUT2D eigenvalue weighted by Gasteiger charge is -2.15. The minimum absolute atomic E-state index is 0.0302. The Morgan fingerprint density at radius 2 is 1.76 bits per heavy atom. The summed E-state index contributed by atoms with van der Waals surface area (Å²) in [6.07, 6.45) is 3.98. The van der Waals surface area contributed by atoms with Crippen molar-refractivity contribution in [2.45, 2.75) is 25.7 Å². The van der Waals surface area contributed by atoms with E-state index in [-0.39, 0.29) is 5.56 Å². The molecule has 3 aromatic rings. The number of H-pyrrole nitrogens is 1. The maximum atomic E-state index is 12.3. The number of nitrogens with one attached hydrogen (secondary N) is 1. The van der Waals surface area contributed by atoms with Crippen LogP contribution in [0.4, 0.5) is 0 Å². The number of hydrogen-bond acceptors (Lipinski definition) is 2. The average Bonchev–Trinajstić information content (AvgIpc) is 2.54. The third-order valence-corrected chi connectivity index (χ3v) is 4.24. The molecule has 4 rings (SSSR count). The number of benzene rings is 2. The summed E-state index contributed by atoms with van der Waals surface area (Å²) in [5, 5.41) is 2.29. The first kappa shape index (κ1) is 12.3. The predicted molar refractivity (Wildman–Crippen MR) is 84.4 cm³/mol. The number of nitrogens with zero attached hydrogens (tertiary/aromatic N) is 1. The summed E-state index contributed by atoms with van der Waals surface area (Å²) in [5.41, 5.74) is 2.89. The van der Waals surface area contributed by atoms with Gasteiger partial charge in [-0.3, -0.25) is 4.79 Å². The van der Waals surface area contributed by atoms with Gasteiger partial charge < -0.3 is 4.98 Å². The summed E-state index contributed by atoms with van der Waals surface area (Å²) in [6.45, 7) is 0. The van der Waals surface area contributed by atoms with E-state index < -0.39 is 0 Å². The second kappa shape index (κ2) is 4.85. The van der Waals surface area contributed by atoms with E-state index in [2.05, 4.69) is 23.2 Å². The van der Waals surface area contributed by atoms with Gasteiger partial charge in [0.2, 0.25) is 0 Å². The molecule has 3 nitrogen and oxygen atoms in total. The average molecular weight is 276 g/mol. The Morgan fingerprint density at radius 1 is 0.952 bits per heavy atom. The van der Waals surface area contributed by atoms with Gasteiger partial charge in [0.25, 0.3) is 5.56 Å². The highest BCUT2D eigenvalue weighted by Gasteiger charge is 2.16. The van der Waals surface area contributed by atoms with Crippen molar-refractivity contribution in [2.24, 2.45) is 0 Å². The van der Waals surface area contributed by atoms with E-state index in [1.54, 1.807) is 0 Å². The van der Waals surface area contributed by atoms with Crippen LogP contribution in [0.2, 0.25) is 0 Å².